The molecular weight excluding hydrogens is 420 g/mol. The van der Waals surface area contributed by atoms with Crippen molar-refractivity contribution in [3.63, 3.8) is 0 Å². The van der Waals surface area contributed by atoms with E-state index in [1.54, 1.807) is 6.20 Å². The molecule has 1 fully saturated rings. The Bertz CT molecular complexity index is 1170. The largest absolute Gasteiger partial charge is 0.322 e. The summed E-state index contributed by atoms with van der Waals surface area (Å²) >= 11 is 1.44. The molecule has 0 spiro atoms. The molecule has 164 valence electrons. The number of anilines is 1. The molecule has 0 unspecified atom stereocenters. The number of rotatable bonds is 7. The highest BCUT2D eigenvalue weighted by atomic mass is 32.1. The topological polar surface area (TPSA) is 66.3 Å². The van der Waals surface area contributed by atoms with Crippen molar-refractivity contribution in [3.05, 3.63) is 77.6 Å². The van der Waals surface area contributed by atoms with Crippen LogP contribution < -0.4 is 5.32 Å². The number of aromatic nitrogens is 3. The van der Waals surface area contributed by atoms with Gasteiger partial charge in [0.25, 0.3) is 0 Å². The van der Waals surface area contributed by atoms with Gasteiger partial charge in [0.05, 0.1) is 24.1 Å². The molecule has 2 aromatic heterocycles. The highest BCUT2D eigenvalue weighted by molar-refractivity contribution is 7.13. The molecule has 1 amide bonds. The van der Waals surface area contributed by atoms with Crippen molar-refractivity contribution in [2.75, 3.05) is 38.0 Å². The van der Waals surface area contributed by atoms with Gasteiger partial charge in [-0.15, -0.1) is 11.3 Å². The van der Waals surface area contributed by atoms with Gasteiger partial charge < -0.3 is 9.88 Å². The van der Waals surface area contributed by atoms with Gasteiger partial charge in [-0.1, -0.05) is 42.5 Å². The standard InChI is InChI=1S/C24H26N6OS/c31-23(27-24-25-10-15-32-24)18-29-13-11-28(12-14-29)17-22-26-20-8-4-5-9-21(20)30(22)16-19-6-2-1-3-7-19/h1-10,15H,11-14,16-18H2,(H,25,27,31). The van der Waals surface area contributed by atoms with Gasteiger partial charge in [0, 0.05) is 44.3 Å². The van der Waals surface area contributed by atoms with Crippen molar-refractivity contribution in [3.8, 4) is 0 Å². The van der Waals surface area contributed by atoms with Crippen LogP contribution in [0.2, 0.25) is 0 Å². The monoisotopic (exact) mass is 446 g/mol. The van der Waals surface area contributed by atoms with Gasteiger partial charge >= 0.3 is 0 Å². The molecule has 1 aliphatic heterocycles. The van der Waals surface area contributed by atoms with E-state index < -0.39 is 0 Å². The van der Waals surface area contributed by atoms with E-state index in [2.05, 4.69) is 67.1 Å². The number of carbonyl (C=O) groups excluding carboxylic acids is 1. The third-order valence-electron chi connectivity index (χ3n) is 5.79. The number of thiazole rings is 1. The van der Waals surface area contributed by atoms with Crippen LogP contribution in [0.3, 0.4) is 0 Å². The molecule has 3 heterocycles. The van der Waals surface area contributed by atoms with E-state index in [-0.39, 0.29) is 5.91 Å². The van der Waals surface area contributed by atoms with E-state index in [1.165, 1.54) is 22.4 Å². The number of nitrogens with zero attached hydrogens (tertiary/aromatic N) is 5. The van der Waals surface area contributed by atoms with Crippen molar-refractivity contribution in [1.82, 2.24) is 24.3 Å². The minimum atomic E-state index is -0.00180. The molecule has 32 heavy (non-hydrogen) atoms. The molecule has 1 N–H and O–H groups in total. The molecule has 7 nitrogen and oxygen atoms in total. The third kappa shape index (κ3) is 4.88. The quantitative estimate of drug-likeness (QED) is 0.472. The lowest BCUT2D eigenvalue weighted by Gasteiger charge is -2.34. The van der Waals surface area contributed by atoms with Crippen molar-refractivity contribution in [1.29, 1.82) is 0 Å². The minimum absolute atomic E-state index is 0.00180. The Labute approximate surface area is 191 Å². The van der Waals surface area contributed by atoms with E-state index in [0.717, 1.165) is 50.6 Å². The second-order valence-corrected chi connectivity index (χ2v) is 8.92. The third-order valence-corrected chi connectivity index (χ3v) is 6.48. The second kappa shape index (κ2) is 9.60. The van der Waals surface area contributed by atoms with Gasteiger partial charge in [-0.2, -0.15) is 0 Å². The van der Waals surface area contributed by atoms with Crippen molar-refractivity contribution in [2.45, 2.75) is 13.1 Å². The molecule has 0 radical (unpaired) electrons. The zero-order valence-corrected chi connectivity index (χ0v) is 18.7. The smallest absolute Gasteiger partial charge is 0.240 e. The van der Waals surface area contributed by atoms with E-state index in [9.17, 15) is 4.79 Å². The summed E-state index contributed by atoms with van der Waals surface area (Å²) in [7, 11) is 0. The van der Waals surface area contributed by atoms with Gasteiger partial charge in [0.2, 0.25) is 5.91 Å². The Kier molecular flexibility index (Phi) is 6.24. The van der Waals surface area contributed by atoms with Crippen LogP contribution in [0.25, 0.3) is 11.0 Å². The predicted octanol–water partition coefficient (Wildman–Crippen LogP) is 3.30. The van der Waals surface area contributed by atoms with Gasteiger partial charge in [-0.25, -0.2) is 9.97 Å². The fourth-order valence-electron chi connectivity index (χ4n) is 4.14. The van der Waals surface area contributed by atoms with E-state index in [0.29, 0.717) is 11.7 Å². The number of fused-ring (bicyclic) bond motifs is 1. The summed E-state index contributed by atoms with van der Waals surface area (Å²) in [5, 5.41) is 5.38. The van der Waals surface area contributed by atoms with Gasteiger partial charge in [-0.05, 0) is 17.7 Å². The first-order valence-electron chi connectivity index (χ1n) is 10.9. The average Bonchev–Trinajstić information content (AvgIpc) is 3.44. The first kappa shape index (κ1) is 20.8. The predicted molar refractivity (Wildman–Crippen MR) is 128 cm³/mol. The highest BCUT2D eigenvalue weighted by Gasteiger charge is 2.21. The number of hydrogen-bond donors (Lipinski definition) is 1. The Morgan fingerprint density at radius 3 is 2.47 bits per heavy atom. The van der Waals surface area contributed by atoms with E-state index >= 15 is 0 Å². The van der Waals surface area contributed by atoms with Gasteiger partial charge in [-0.3, -0.25) is 14.6 Å². The number of benzene rings is 2. The lowest BCUT2D eigenvalue weighted by atomic mass is 10.2. The summed E-state index contributed by atoms with van der Waals surface area (Å²) in [6.45, 7) is 5.58. The summed E-state index contributed by atoms with van der Waals surface area (Å²) < 4.78 is 2.33. The normalized spacial score (nSPS) is 15.2. The molecule has 0 bridgehead atoms. The molecule has 0 atom stereocenters. The number of carbonyl (C=O) groups is 1. The molecular formula is C24H26N6OS. The highest BCUT2D eigenvalue weighted by Crippen LogP contribution is 2.20. The van der Waals surface area contributed by atoms with Crippen LogP contribution >= 0.6 is 11.3 Å². The Morgan fingerprint density at radius 1 is 0.938 bits per heavy atom. The zero-order valence-electron chi connectivity index (χ0n) is 17.9. The Morgan fingerprint density at radius 2 is 1.69 bits per heavy atom. The number of nitrogens with one attached hydrogen (secondary N) is 1. The Balaban J connectivity index is 1.22. The van der Waals surface area contributed by atoms with Crippen molar-refractivity contribution >= 4 is 33.4 Å². The molecule has 0 aliphatic carbocycles. The van der Waals surface area contributed by atoms with Crippen LogP contribution in [0.15, 0.2) is 66.2 Å². The molecule has 0 saturated carbocycles. The maximum absolute atomic E-state index is 12.3. The van der Waals surface area contributed by atoms with Crippen LogP contribution in [0.1, 0.15) is 11.4 Å². The molecule has 4 aromatic rings. The van der Waals surface area contributed by atoms with Crippen LogP contribution in [0.5, 0.6) is 0 Å². The number of para-hydroxylation sites is 2. The summed E-state index contributed by atoms with van der Waals surface area (Å²) in [5.74, 6) is 1.09. The first-order valence-corrected chi connectivity index (χ1v) is 11.7. The zero-order chi connectivity index (χ0) is 21.8. The lowest BCUT2D eigenvalue weighted by molar-refractivity contribution is -0.117. The SMILES string of the molecule is O=C(CN1CCN(Cc2nc3ccccc3n2Cc2ccccc2)CC1)Nc1nccs1. The minimum Gasteiger partial charge on any atom is -0.322 e. The molecule has 1 aliphatic rings. The van der Waals surface area contributed by atoms with Gasteiger partial charge in [0.1, 0.15) is 5.82 Å². The summed E-state index contributed by atoms with van der Waals surface area (Å²) in [6.07, 6.45) is 1.70. The molecule has 8 heteroatoms. The lowest BCUT2D eigenvalue weighted by Crippen LogP contribution is -2.48. The fraction of sp³-hybridized carbons (Fsp3) is 0.292. The number of amides is 1. The average molecular weight is 447 g/mol. The summed E-state index contributed by atoms with van der Waals surface area (Å²) in [4.78, 5) is 25.9. The van der Waals surface area contributed by atoms with E-state index in [4.69, 9.17) is 4.98 Å². The van der Waals surface area contributed by atoms with Crippen molar-refractivity contribution < 1.29 is 4.79 Å². The maximum Gasteiger partial charge on any atom is 0.240 e. The molecule has 5 rings (SSSR count). The summed E-state index contributed by atoms with van der Waals surface area (Å²) in [5.41, 5.74) is 3.48. The van der Waals surface area contributed by atoms with E-state index in [1.807, 2.05) is 17.5 Å². The number of piperazine rings is 1. The first-order chi connectivity index (χ1) is 15.7. The summed E-state index contributed by atoms with van der Waals surface area (Å²) in [6, 6.07) is 18.9. The number of hydrogen-bond acceptors (Lipinski definition) is 6. The number of imidazole rings is 1. The maximum atomic E-state index is 12.3. The van der Waals surface area contributed by atoms with Crippen molar-refractivity contribution in [2.24, 2.45) is 0 Å². The Hall–Kier alpha value is -3.07. The second-order valence-electron chi connectivity index (χ2n) is 8.03. The molecule has 1 saturated heterocycles. The van der Waals surface area contributed by atoms with Crippen LogP contribution in [0, 0.1) is 0 Å². The molecule has 2 aromatic carbocycles. The fourth-order valence-corrected chi connectivity index (χ4v) is 4.69. The van der Waals surface area contributed by atoms with Crippen LogP contribution in [-0.4, -0.2) is 63.0 Å². The van der Waals surface area contributed by atoms with Gasteiger partial charge in [0.15, 0.2) is 5.13 Å². The van der Waals surface area contributed by atoms with Crippen LogP contribution in [-0.2, 0) is 17.9 Å². The van der Waals surface area contributed by atoms with Crippen LogP contribution in [0.4, 0.5) is 5.13 Å².